The number of thioether (sulfide) groups is 1. The molecule has 0 aliphatic heterocycles. The van der Waals surface area contributed by atoms with E-state index < -0.39 is 0 Å². The van der Waals surface area contributed by atoms with Crippen molar-refractivity contribution in [2.24, 2.45) is 7.05 Å². The van der Waals surface area contributed by atoms with Gasteiger partial charge in [-0.15, -0.1) is 0 Å². The Bertz CT molecular complexity index is 1130. The van der Waals surface area contributed by atoms with Crippen LogP contribution in [0, 0.1) is 0 Å². The third-order valence-electron chi connectivity index (χ3n) is 4.47. The standard InChI is InChI=1S/C22H22N4O3S/c1-26-13-12-25-22(26)30-15-17-8-9-19(29-17)21(27)24-11-4-14-28-18-7-2-5-16-6-3-10-23-20(16)18/h2-3,5-10,12-13H,4,11,14-15H2,1H3,(H,24,27). The Balaban J connectivity index is 1.20. The van der Waals surface area contributed by atoms with Crippen LogP contribution in [0.25, 0.3) is 10.9 Å². The van der Waals surface area contributed by atoms with Crippen LogP contribution in [0.2, 0.25) is 0 Å². The number of carbonyl (C=O) groups is 1. The predicted molar refractivity (Wildman–Crippen MR) is 116 cm³/mol. The van der Waals surface area contributed by atoms with E-state index in [9.17, 15) is 4.79 Å². The van der Waals surface area contributed by atoms with Gasteiger partial charge < -0.3 is 19.0 Å². The summed E-state index contributed by atoms with van der Waals surface area (Å²) in [6.07, 6.45) is 6.08. The van der Waals surface area contributed by atoms with E-state index >= 15 is 0 Å². The highest BCUT2D eigenvalue weighted by Crippen LogP contribution is 2.23. The normalized spacial score (nSPS) is 11.0. The van der Waals surface area contributed by atoms with E-state index in [1.165, 1.54) is 0 Å². The number of aromatic nitrogens is 3. The fourth-order valence-electron chi connectivity index (χ4n) is 2.94. The Labute approximate surface area is 178 Å². The van der Waals surface area contributed by atoms with Gasteiger partial charge in [0.15, 0.2) is 10.9 Å². The Morgan fingerprint density at radius 1 is 1.17 bits per heavy atom. The first-order chi connectivity index (χ1) is 14.7. The molecule has 8 heteroatoms. The van der Waals surface area contributed by atoms with Crippen molar-refractivity contribution in [3.8, 4) is 5.75 Å². The number of carbonyl (C=O) groups excluding carboxylic acids is 1. The van der Waals surface area contributed by atoms with Crippen molar-refractivity contribution >= 4 is 28.6 Å². The van der Waals surface area contributed by atoms with E-state index in [2.05, 4.69) is 15.3 Å². The second kappa shape index (κ2) is 9.49. The van der Waals surface area contributed by atoms with Crippen molar-refractivity contribution in [3.05, 3.63) is 72.6 Å². The van der Waals surface area contributed by atoms with Crippen LogP contribution >= 0.6 is 11.8 Å². The number of ether oxygens (including phenoxy) is 1. The minimum absolute atomic E-state index is 0.227. The minimum Gasteiger partial charge on any atom is -0.491 e. The summed E-state index contributed by atoms with van der Waals surface area (Å²) in [6, 6.07) is 13.3. The highest BCUT2D eigenvalue weighted by atomic mass is 32.2. The lowest BCUT2D eigenvalue weighted by atomic mass is 10.2. The van der Waals surface area contributed by atoms with Gasteiger partial charge in [0.25, 0.3) is 5.91 Å². The molecule has 0 spiro atoms. The molecule has 7 nitrogen and oxygen atoms in total. The molecule has 1 amide bonds. The number of benzene rings is 1. The highest BCUT2D eigenvalue weighted by molar-refractivity contribution is 7.98. The first-order valence-corrected chi connectivity index (χ1v) is 10.6. The SMILES string of the molecule is Cn1ccnc1SCc1ccc(C(=O)NCCCOc2cccc3cccnc23)o1. The molecule has 0 radical (unpaired) electrons. The first-order valence-electron chi connectivity index (χ1n) is 9.64. The van der Waals surface area contributed by atoms with E-state index in [1.54, 1.807) is 30.2 Å². The summed E-state index contributed by atoms with van der Waals surface area (Å²) in [5.41, 5.74) is 0.843. The summed E-state index contributed by atoms with van der Waals surface area (Å²) in [5.74, 6) is 2.19. The summed E-state index contributed by atoms with van der Waals surface area (Å²) < 4.78 is 13.4. The molecule has 0 bridgehead atoms. The van der Waals surface area contributed by atoms with Crippen LogP contribution in [0.15, 0.2) is 70.6 Å². The molecule has 1 N–H and O–H groups in total. The largest absolute Gasteiger partial charge is 0.491 e. The smallest absolute Gasteiger partial charge is 0.286 e. The monoisotopic (exact) mass is 422 g/mol. The summed E-state index contributed by atoms with van der Waals surface area (Å²) in [6.45, 7) is 0.981. The van der Waals surface area contributed by atoms with Gasteiger partial charge in [-0.2, -0.15) is 0 Å². The van der Waals surface area contributed by atoms with Crippen LogP contribution in [0.5, 0.6) is 5.75 Å². The average molecular weight is 423 g/mol. The number of furan rings is 1. The Morgan fingerprint density at radius 2 is 2.07 bits per heavy atom. The van der Waals surface area contributed by atoms with Gasteiger partial charge in [0.2, 0.25) is 0 Å². The van der Waals surface area contributed by atoms with Gasteiger partial charge in [0.05, 0.1) is 12.4 Å². The number of aryl methyl sites for hydroxylation is 1. The predicted octanol–water partition coefficient (Wildman–Crippen LogP) is 4.05. The molecular weight excluding hydrogens is 400 g/mol. The molecule has 0 saturated heterocycles. The highest BCUT2D eigenvalue weighted by Gasteiger charge is 2.12. The van der Waals surface area contributed by atoms with E-state index in [4.69, 9.17) is 9.15 Å². The first kappa shape index (κ1) is 20.0. The number of nitrogens with one attached hydrogen (secondary N) is 1. The Morgan fingerprint density at radius 3 is 2.93 bits per heavy atom. The topological polar surface area (TPSA) is 82.2 Å². The van der Waals surface area contributed by atoms with E-state index in [0.717, 1.165) is 27.6 Å². The van der Waals surface area contributed by atoms with E-state index in [0.29, 0.717) is 31.1 Å². The molecule has 0 saturated carbocycles. The second-order valence-electron chi connectivity index (χ2n) is 6.66. The number of amides is 1. The van der Waals surface area contributed by atoms with Gasteiger partial charge in [-0.3, -0.25) is 9.78 Å². The Hall–Kier alpha value is -3.26. The summed E-state index contributed by atoms with van der Waals surface area (Å²) in [5, 5.41) is 4.80. The summed E-state index contributed by atoms with van der Waals surface area (Å²) in [4.78, 5) is 20.9. The summed E-state index contributed by atoms with van der Waals surface area (Å²) in [7, 11) is 1.94. The number of para-hydroxylation sites is 1. The number of pyridine rings is 1. The van der Waals surface area contributed by atoms with Crippen LogP contribution in [0.1, 0.15) is 22.7 Å². The number of rotatable bonds is 9. The lowest BCUT2D eigenvalue weighted by Gasteiger charge is -2.09. The zero-order chi connectivity index (χ0) is 20.8. The van der Waals surface area contributed by atoms with Crippen molar-refractivity contribution in [1.82, 2.24) is 19.9 Å². The maximum Gasteiger partial charge on any atom is 0.286 e. The molecule has 4 rings (SSSR count). The molecule has 0 unspecified atom stereocenters. The van der Waals surface area contributed by atoms with E-state index in [1.807, 2.05) is 54.2 Å². The van der Waals surface area contributed by atoms with Crippen molar-refractivity contribution < 1.29 is 13.9 Å². The number of fused-ring (bicyclic) bond motifs is 1. The van der Waals surface area contributed by atoms with Gasteiger partial charge in [0, 0.05) is 37.6 Å². The Kier molecular flexibility index (Phi) is 6.34. The molecule has 3 aromatic heterocycles. The molecule has 0 aliphatic carbocycles. The van der Waals surface area contributed by atoms with Crippen LogP contribution in [0.3, 0.4) is 0 Å². The molecule has 0 atom stereocenters. The van der Waals surface area contributed by atoms with Gasteiger partial charge in [-0.1, -0.05) is 30.0 Å². The zero-order valence-corrected chi connectivity index (χ0v) is 17.4. The van der Waals surface area contributed by atoms with Gasteiger partial charge in [-0.25, -0.2) is 4.98 Å². The number of nitrogens with zero attached hydrogens (tertiary/aromatic N) is 3. The quantitative estimate of drug-likeness (QED) is 0.324. The second-order valence-corrected chi connectivity index (χ2v) is 7.61. The molecule has 4 aromatic rings. The van der Waals surface area contributed by atoms with Gasteiger partial charge in [0.1, 0.15) is 17.0 Å². The molecule has 3 heterocycles. The number of imidazole rings is 1. The van der Waals surface area contributed by atoms with Crippen LogP contribution in [-0.2, 0) is 12.8 Å². The molecule has 0 aliphatic rings. The van der Waals surface area contributed by atoms with Gasteiger partial charge in [-0.05, 0) is 30.7 Å². The number of hydrogen-bond donors (Lipinski definition) is 1. The fourth-order valence-corrected chi connectivity index (χ4v) is 3.77. The lowest BCUT2D eigenvalue weighted by Crippen LogP contribution is -2.25. The van der Waals surface area contributed by atoms with Gasteiger partial charge >= 0.3 is 0 Å². The fraction of sp³-hybridized carbons (Fsp3) is 0.227. The molecule has 154 valence electrons. The summed E-state index contributed by atoms with van der Waals surface area (Å²) >= 11 is 1.56. The van der Waals surface area contributed by atoms with Crippen molar-refractivity contribution in [1.29, 1.82) is 0 Å². The molecular formula is C22H22N4O3S. The van der Waals surface area contributed by atoms with Crippen molar-refractivity contribution in [2.45, 2.75) is 17.3 Å². The number of hydrogen-bond acceptors (Lipinski definition) is 6. The molecule has 1 aromatic carbocycles. The van der Waals surface area contributed by atoms with Crippen molar-refractivity contribution in [2.75, 3.05) is 13.2 Å². The van der Waals surface area contributed by atoms with Crippen LogP contribution in [0.4, 0.5) is 0 Å². The van der Waals surface area contributed by atoms with E-state index in [-0.39, 0.29) is 5.91 Å². The zero-order valence-electron chi connectivity index (χ0n) is 16.6. The average Bonchev–Trinajstić information content (AvgIpc) is 3.41. The third kappa shape index (κ3) is 4.83. The third-order valence-corrected chi connectivity index (χ3v) is 5.55. The molecule has 0 fully saturated rings. The van der Waals surface area contributed by atoms with Crippen LogP contribution in [-0.4, -0.2) is 33.6 Å². The molecule has 30 heavy (non-hydrogen) atoms. The van der Waals surface area contributed by atoms with Crippen molar-refractivity contribution in [3.63, 3.8) is 0 Å². The minimum atomic E-state index is -0.227. The lowest BCUT2D eigenvalue weighted by molar-refractivity contribution is 0.0922. The maximum atomic E-state index is 12.3. The maximum absolute atomic E-state index is 12.3. The van der Waals surface area contributed by atoms with Crippen LogP contribution < -0.4 is 10.1 Å².